The first kappa shape index (κ1) is 13.9. The van der Waals surface area contributed by atoms with Crippen LogP contribution in [0, 0.1) is 0 Å². The largest absolute Gasteiger partial charge is 0.385 e. The fourth-order valence-electron chi connectivity index (χ4n) is 1.25. The van der Waals surface area contributed by atoms with E-state index in [0.29, 0.717) is 6.04 Å². The molecule has 0 bridgehead atoms. The molecule has 1 unspecified atom stereocenters. The maximum Gasteiger partial charge on any atom is 0.0616 e. The minimum absolute atomic E-state index is 0.470. The molecule has 14 heavy (non-hydrogen) atoms. The van der Waals surface area contributed by atoms with Gasteiger partial charge in [0.2, 0.25) is 0 Å². The molecule has 1 N–H and O–H groups in total. The monoisotopic (exact) mass is 203 g/mol. The lowest BCUT2D eigenvalue weighted by Gasteiger charge is -2.13. The van der Waals surface area contributed by atoms with Crippen molar-refractivity contribution < 1.29 is 9.47 Å². The van der Waals surface area contributed by atoms with Gasteiger partial charge in [-0.3, -0.25) is 0 Å². The highest BCUT2D eigenvalue weighted by molar-refractivity contribution is 4.58. The Hall–Kier alpha value is -0.120. The summed E-state index contributed by atoms with van der Waals surface area (Å²) in [6.07, 6.45) is 3.63. The van der Waals surface area contributed by atoms with Gasteiger partial charge in [0.15, 0.2) is 0 Å². The third kappa shape index (κ3) is 9.96. The molecule has 0 aromatic rings. The van der Waals surface area contributed by atoms with Crippen LogP contribution in [0.15, 0.2) is 0 Å². The number of hydrogen-bond donors (Lipinski definition) is 1. The van der Waals surface area contributed by atoms with E-state index in [9.17, 15) is 0 Å². The summed E-state index contributed by atoms with van der Waals surface area (Å²) in [4.78, 5) is 0. The summed E-state index contributed by atoms with van der Waals surface area (Å²) >= 11 is 0. The van der Waals surface area contributed by atoms with Crippen molar-refractivity contribution in [3.8, 4) is 0 Å². The Kier molecular flexibility index (Phi) is 10.9. The van der Waals surface area contributed by atoms with Gasteiger partial charge in [0, 0.05) is 26.4 Å². The highest BCUT2D eigenvalue weighted by atomic mass is 16.5. The first-order chi connectivity index (χ1) is 6.81. The van der Waals surface area contributed by atoms with Gasteiger partial charge in [0.05, 0.1) is 6.61 Å². The number of nitrogens with one attached hydrogen (secondary N) is 1. The second-order valence-electron chi connectivity index (χ2n) is 3.57. The van der Waals surface area contributed by atoms with Crippen LogP contribution in [0.1, 0.15) is 33.1 Å². The summed E-state index contributed by atoms with van der Waals surface area (Å²) in [6, 6.07) is 0.470. The summed E-state index contributed by atoms with van der Waals surface area (Å²) in [5, 5.41) is 3.43. The Bertz CT molecular complexity index is 109. The van der Waals surface area contributed by atoms with Crippen molar-refractivity contribution in [2.75, 3.05) is 33.5 Å². The van der Waals surface area contributed by atoms with Gasteiger partial charge in [-0.1, -0.05) is 0 Å². The molecule has 0 saturated carbocycles. The molecule has 0 rings (SSSR count). The molecule has 0 fully saturated rings. The van der Waals surface area contributed by atoms with Crippen LogP contribution in [0.4, 0.5) is 0 Å². The second kappa shape index (κ2) is 11.0. The average Bonchev–Trinajstić information content (AvgIpc) is 2.20. The van der Waals surface area contributed by atoms with Gasteiger partial charge in [-0.25, -0.2) is 0 Å². The fourth-order valence-corrected chi connectivity index (χ4v) is 1.25. The Morgan fingerprint density at radius 3 is 2.64 bits per heavy atom. The molecule has 0 spiro atoms. The molecule has 0 aromatic heterocycles. The molecular weight excluding hydrogens is 178 g/mol. The molecular formula is C11H25NO2. The van der Waals surface area contributed by atoms with Crippen LogP contribution in [0.5, 0.6) is 0 Å². The molecule has 1 atom stereocenters. The topological polar surface area (TPSA) is 30.5 Å². The Labute approximate surface area is 88.2 Å². The maximum atomic E-state index is 5.31. The maximum absolute atomic E-state index is 5.31. The van der Waals surface area contributed by atoms with E-state index in [0.717, 1.165) is 32.8 Å². The lowest BCUT2D eigenvalue weighted by molar-refractivity contribution is 0.127. The normalized spacial score (nSPS) is 13.1. The van der Waals surface area contributed by atoms with E-state index in [-0.39, 0.29) is 0 Å². The molecule has 0 aliphatic rings. The third-order valence-electron chi connectivity index (χ3n) is 2.09. The number of hydrogen-bond acceptors (Lipinski definition) is 3. The van der Waals surface area contributed by atoms with Crippen LogP contribution >= 0.6 is 0 Å². The molecule has 0 radical (unpaired) electrons. The van der Waals surface area contributed by atoms with Crippen LogP contribution in [0.25, 0.3) is 0 Å². The van der Waals surface area contributed by atoms with Crippen molar-refractivity contribution in [2.45, 2.75) is 39.2 Å². The lowest BCUT2D eigenvalue weighted by Crippen LogP contribution is -2.31. The Morgan fingerprint density at radius 2 is 2.00 bits per heavy atom. The van der Waals surface area contributed by atoms with Crippen molar-refractivity contribution in [1.82, 2.24) is 5.32 Å². The Morgan fingerprint density at radius 1 is 1.21 bits per heavy atom. The van der Waals surface area contributed by atoms with Crippen LogP contribution in [0.2, 0.25) is 0 Å². The quantitative estimate of drug-likeness (QED) is 0.549. The Balaban J connectivity index is 3.02. The van der Waals surface area contributed by atoms with Crippen molar-refractivity contribution in [3.05, 3.63) is 0 Å². The minimum atomic E-state index is 0.470. The van der Waals surface area contributed by atoms with Crippen LogP contribution in [-0.4, -0.2) is 39.5 Å². The molecule has 3 nitrogen and oxygen atoms in total. The van der Waals surface area contributed by atoms with Crippen LogP contribution in [0.3, 0.4) is 0 Å². The third-order valence-corrected chi connectivity index (χ3v) is 2.09. The van der Waals surface area contributed by atoms with Crippen LogP contribution in [-0.2, 0) is 9.47 Å². The first-order valence-electron chi connectivity index (χ1n) is 5.61. The first-order valence-corrected chi connectivity index (χ1v) is 5.61. The van der Waals surface area contributed by atoms with Gasteiger partial charge < -0.3 is 14.8 Å². The van der Waals surface area contributed by atoms with Crippen molar-refractivity contribution in [2.24, 2.45) is 0 Å². The summed E-state index contributed by atoms with van der Waals surface area (Å²) in [5.41, 5.74) is 0. The molecule has 0 aliphatic carbocycles. The number of methoxy groups -OCH3 is 1. The predicted molar refractivity (Wildman–Crippen MR) is 59.7 cm³/mol. The van der Waals surface area contributed by atoms with Gasteiger partial charge in [0.1, 0.15) is 0 Å². The highest BCUT2D eigenvalue weighted by Crippen LogP contribution is 1.94. The van der Waals surface area contributed by atoms with Gasteiger partial charge in [-0.05, 0) is 39.7 Å². The molecule has 86 valence electrons. The summed E-state index contributed by atoms with van der Waals surface area (Å²) < 4.78 is 10.3. The molecule has 0 amide bonds. The number of unbranched alkanes of at least 4 members (excludes halogenated alkanes) is 2. The van der Waals surface area contributed by atoms with Gasteiger partial charge >= 0.3 is 0 Å². The van der Waals surface area contributed by atoms with Crippen molar-refractivity contribution in [3.63, 3.8) is 0 Å². The standard InChI is InChI=1S/C11H25NO2/c1-4-14-10-11(2)12-8-6-5-7-9-13-3/h11-12H,4-10H2,1-3H3. The molecule has 0 saturated heterocycles. The fraction of sp³-hybridized carbons (Fsp3) is 1.00. The van der Waals surface area contributed by atoms with E-state index in [4.69, 9.17) is 9.47 Å². The lowest BCUT2D eigenvalue weighted by atomic mass is 10.2. The van der Waals surface area contributed by atoms with Gasteiger partial charge in [-0.2, -0.15) is 0 Å². The van der Waals surface area contributed by atoms with E-state index in [1.54, 1.807) is 7.11 Å². The smallest absolute Gasteiger partial charge is 0.0616 e. The average molecular weight is 203 g/mol. The van der Waals surface area contributed by atoms with Gasteiger partial charge in [-0.15, -0.1) is 0 Å². The zero-order valence-electron chi connectivity index (χ0n) is 9.84. The SMILES string of the molecule is CCOCC(C)NCCCCCOC. The highest BCUT2D eigenvalue weighted by Gasteiger charge is 1.99. The molecule has 3 heteroatoms. The zero-order valence-corrected chi connectivity index (χ0v) is 9.84. The minimum Gasteiger partial charge on any atom is -0.385 e. The molecule has 0 aliphatic heterocycles. The summed E-state index contributed by atoms with van der Waals surface area (Å²) in [7, 11) is 1.75. The van der Waals surface area contributed by atoms with E-state index in [1.165, 1.54) is 12.8 Å². The predicted octanol–water partition coefficient (Wildman–Crippen LogP) is 1.82. The van der Waals surface area contributed by atoms with Gasteiger partial charge in [0.25, 0.3) is 0 Å². The van der Waals surface area contributed by atoms with E-state index in [1.807, 2.05) is 6.92 Å². The van der Waals surface area contributed by atoms with Crippen LogP contribution < -0.4 is 5.32 Å². The van der Waals surface area contributed by atoms with E-state index in [2.05, 4.69) is 12.2 Å². The van der Waals surface area contributed by atoms with E-state index >= 15 is 0 Å². The zero-order chi connectivity index (χ0) is 10.6. The molecule has 0 aromatic carbocycles. The number of ether oxygens (including phenoxy) is 2. The number of rotatable bonds is 10. The van der Waals surface area contributed by atoms with E-state index < -0.39 is 0 Å². The van der Waals surface area contributed by atoms with Crippen molar-refractivity contribution >= 4 is 0 Å². The summed E-state index contributed by atoms with van der Waals surface area (Å²) in [6.45, 7) is 7.77. The summed E-state index contributed by atoms with van der Waals surface area (Å²) in [5.74, 6) is 0. The molecule has 0 heterocycles. The van der Waals surface area contributed by atoms with Crippen molar-refractivity contribution in [1.29, 1.82) is 0 Å². The second-order valence-corrected chi connectivity index (χ2v) is 3.57.